The smallest absolute Gasteiger partial charge is 0.331 e. The molecular weight excluding hydrogens is 164 g/mol. The van der Waals surface area contributed by atoms with Crippen molar-refractivity contribution in [2.75, 3.05) is 0 Å². The normalized spacial score (nSPS) is 19.8. The monoisotopic (exact) mass is 182 g/mol. The third-order valence-corrected chi connectivity index (χ3v) is 2.55. The summed E-state index contributed by atoms with van der Waals surface area (Å²) < 4.78 is 0. The number of carbonyl (C=O) groups is 1. The van der Waals surface area contributed by atoms with Gasteiger partial charge in [-0.25, -0.2) is 4.79 Å². The molecule has 0 bridgehead atoms. The van der Waals surface area contributed by atoms with Gasteiger partial charge in [-0.05, 0) is 24.7 Å². The van der Waals surface area contributed by atoms with Gasteiger partial charge in [-0.1, -0.05) is 32.8 Å². The molecule has 1 fully saturated rings. The fourth-order valence-corrected chi connectivity index (χ4v) is 1.98. The summed E-state index contributed by atoms with van der Waals surface area (Å²) in [6.07, 6.45) is 6.40. The van der Waals surface area contributed by atoms with Crippen LogP contribution in [0.1, 0.15) is 39.5 Å². The second kappa shape index (κ2) is 4.45. The molecule has 1 rings (SSSR count). The summed E-state index contributed by atoms with van der Waals surface area (Å²) >= 11 is 0. The molecule has 0 saturated heterocycles. The lowest BCUT2D eigenvalue weighted by Crippen LogP contribution is -2.10. The van der Waals surface area contributed by atoms with Crippen LogP contribution in [0.5, 0.6) is 0 Å². The van der Waals surface area contributed by atoms with Crippen LogP contribution in [0.4, 0.5) is 0 Å². The molecule has 0 aromatic carbocycles. The Bertz CT molecular complexity index is 210. The number of rotatable bonds is 3. The highest BCUT2D eigenvalue weighted by atomic mass is 16.4. The van der Waals surface area contributed by atoms with Crippen LogP contribution in [-0.2, 0) is 4.79 Å². The molecule has 1 N–H and O–H groups in total. The minimum absolute atomic E-state index is 0.319. The topological polar surface area (TPSA) is 37.3 Å². The Hall–Kier alpha value is -0.790. The van der Waals surface area contributed by atoms with Gasteiger partial charge in [-0.2, -0.15) is 0 Å². The summed E-state index contributed by atoms with van der Waals surface area (Å²) in [5, 5.41) is 9.01. The summed E-state index contributed by atoms with van der Waals surface area (Å²) in [5.74, 6) is -0.0628. The molecular formula is C11H18O2. The predicted octanol–water partition coefficient (Wildman–Crippen LogP) is 2.84. The second-order valence-electron chi connectivity index (χ2n) is 4.15. The molecule has 13 heavy (non-hydrogen) atoms. The summed E-state index contributed by atoms with van der Waals surface area (Å²) in [5.41, 5.74) is 0.646. The maximum atomic E-state index is 11.0. The molecule has 0 amide bonds. The van der Waals surface area contributed by atoms with E-state index in [0.717, 1.165) is 12.8 Å². The molecule has 0 aromatic rings. The molecule has 0 radical (unpaired) electrons. The fraction of sp³-hybridized carbons (Fsp3) is 0.727. The fourth-order valence-electron chi connectivity index (χ4n) is 1.98. The predicted molar refractivity (Wildman–Crippen MR) is 52.5 cm³/mol. The molecule has 0 spiro atoms. The average Bonchev–Trinajstić information content (AvgIpc) is 2.50. The van der Waals surface area contributed by atoms with E-state index in [9.17, 15) is 4.79 Å². The van der Waals surface area contributed by atoms with Gasteiger partial charge >= 0.3 is 5.97 Å². The van der Waals surface area contributed by atoms with E-state index in [-0.39, 0.29) is 0 Å². The number of allylic oxidation sites excluding steroid dienone is 1. The van der Waals surface area contributed by atoms with Gasteiger partial charge < -0.3 is 5.11 Å². The highest BCUT2D eigenvalue weighted by Gasteiger charge is 2.23. The van der Waals surface area contributed by atoms with Crippen molar-refractivity contribution in [2.45, 2.75) is 39.5 Å². The van der Waals surface area contributed by atoms with Crippen molar-refractivity contribution in [1.82, 2.24) is 0 Å². The average molecular weight is 182 g/mol. The highest BCUT2D eigenvalue weighted by Crippen LogP contribution is 2.31. The van der Waals surface area contributed by atoms with Crippen LogP contribution in [0.2, 0.25) is 0 Å². The van der Waals surface area contributed by atoms with Gasteiger partial charge in [0.25, 0.3) is 0 Å². The van der Waals surface area contributed by atoms with Crippen molar-refractivity contribution >= 4 is 5.97 Å². The lowest BCUT2D eigenvalue weighted by atomic mass is 9.94. The Balaban J connectivity index is 2.72. The van der Waals surface area contributed by atoms with Crippen molar-refractivity contribution in [3.8, 4) is 0 Å². The van der Waals surface area contributed by atoms with Gasteiger partial charge in [0.05, 0.1) is 0 Å². The van der Waals surface area contributed by atoms with Crippen LogP contribution in [0.25, 0.3) is 0 Å². The van der Waals surface area contributed by atoms with Crippen molar-refractivity contribution < 1.29 is 9.90 Å². The van der Waals surface area contributed by atoms with Gasteiger partial charge in [-0.15, -0.1) is 0 Å². The molecule has 2 nitrogen and oxygen atoms in total. The summed E-state index contributed by atoms with van der Waals surface area (Å²) in [7, 11) is 0. The Labute approximate surface area is 79.6 Å². The Kier molecular flexibility index (Phi) is 3.52. The van der Waals surface area contributed by atoms with E-state index >= 15 is 0 Å². The first-order valence-corrected chi connectivity index (χ1v) is 5.06. The van der Waals surface area contributed by atoms with Gasteiger partial charge in [-0.3, -0.25) is 0 Å². The molecule has 1 saturated carbocycles. The lowest BCUT2D eigenvalue weighted by Gasteiger charge is -2.11. The van der Waals surface area contributed by atoms with E-state index in [2.05, 4.69) is 0 Å². The Morgan fingerprint density at radius 3 is 2.31 bits per heavy atom. The first kappa shape index (κ1) is 10.3. The van der Waals surface area contributed by atoms with Crippen LogP contribution >= 0.6 is 0 Å². The van der Waals surface area contributed by atoms with Crippen LogP contribution < -0.4 is 0 Å². The van der Waals surface area contributed by atoms with Crippen molar-refractivity contribution in [2.24, 2.45) is 11.8 Å². The van der Waals surface area contributed by atoms with Crippen molar-refractivity contribution in [3.63, 3.8) is 0 Å². The Morgan fingerprint density at radius 1 is 1.38 bits per heavy atom. The van der Waals surface area contributed by atoms with Gasteiger partial charge in [0.1, 0.15) is 0 Å². The van der Waals surface area contributed by atoms with Gasteiger partial charge in [0.2, 0.25) is 0 Å². The summed E-state index contributed by atoms with van der Waals surface area (Å²) in [6, 6.07) is 0. The largest absolute Gasteiger partial charge is 0.478 e. The minimum Gasteiger partial charge on any atom is -0.478 e. The first-order valence-electron chi connectivity index (χ1n) is 5.06. The summed E-state index contributed by atoms with van der Waals surface area (Å²) in [4.78, 5) is 11.0. The molecule has 74 valence electrons. The van der Waals surface area contributed by atoms with E-state index in [1.165, 1.54) is 12.8 Å². The third kappa shape index (κ3) is 2.87. The second-order valence-corrected chi connectivity index (χ2v) is 4.15. The SMILES string of the molecule is CC(C)C=C(C(=O)O)C1CCCC1. The molecule has 0 unspecified atom stereocenters. The number of carboxylic acids is 1. The van der Waals surface area contributed by atoms with E-state index in [1.54, 1.807) is 0 Å². The standard InChI is InChI=1S/C11H18O2/c1-8(2)7-10(11(12)13)9-5-3-4-6-9/h7-9H,3-6H2,1-2H3,(H,12,13). The maximum Gasteiger partial charge on any atom is 0.331 e. The number of carboxylic acid groups (broad SMARTS) is 1. The molecule has 1 aliphatic carbocycles. The van der Waals surface area contributed by atoms with Crippen LogP contribution in [0.15, 0.2) is 11.6 Å². The van der Waals surface area contributed by atoms with E-state index in [0.29, 0.717) is 17.4 Å². The Morgan fingerprint density at radius 2 is 1.92 bits per heavy atom. The van der Waals surface area contributed by atoms with E-state index in [4.69, 9.17) is 5.11 Å². The number of aliphatic carboxylic acids is 1. The molecule has 0 atom stereocenters. The molecule has 0 heterocycles. The lowest BCUT2D eigenvalue weighted by molar-refractivity contribution is -0.133. The minimum atomic E-state index is -0.722. The number of hydrogen-bond donors (Lipinski definition) is 1. The molecule has 0 aromatic heterocycles. The van der Waals surface area contributed by atoms with Crippen LogP contribution in [-0.4, -0.2) is 11.1 Å². The van der Waals surface area contributed by atoms with E-state index in [1.807, 2.05) is 19.9 Å². The maximum absolute atomic E-state index is 11.0. The van der Waals surface area contributed by atoms with E-state index < -0.39 is 5.97 Å². The van der Waals surface area contributed by atoms with Gasteiger partial charge in [0, 0.05) is 5.57 Å². The summed E-state index contributed by atoms with van der Waals surface area (Å²) in [6.45, 7) is 4.05. The van der Waals surface area contributed by atoms with Crippen molar-refractivity contribution in [3.05, 3.63) is 11.6 Å². The zero-order chi connectivity index (χ0) is 9.84. The third-order valence-electron chi connectivity index (χ3n) is 2.55. The van der Waals surface area contributed by atoms with Crippen molar-refractivity contribution in [1.29, 1.82) is 0 Å². The highest BCUT2D eigenvalue weighted by molar-refractivity contribution is 5.87. The zero-order valence-electron chi connectivity index (χ0n) is 8.42. The first-order chi connectivity index (χ1) is 6.11. The molecule has 0 aliphatic heterocycles. The van der Waals surface area contributed by atoms with Gasteiger partial charge in [0.15, 0.2) is 0 Å². The van der Waals surface area contributed by atoms with Crippen LogP contribution in [0.3, 0.4) is 0 Å². The quantitative estimate of drug-likeness (QED) is 0.681. The number of hydrogen-bond acceptors (Lipinski definition) is 1. The molecule has 1 aliphatic rings. The molecule has 2 heteroatoms. The zero-order valence-corrected chi connectivity index (χ0v) is 8.42. The van der Waals surface area contributed by atoms with Crippen LogP contribution in [0, 0.1) is 11.8 Å².